The third kappa shape index (κ3) is 4.28. The van der Waals surface area contributed by atoms with Crippen molar-refractivity contribution in [3.63, 3.8) is 0 Å². The number of carbonyl (C=O) groups is 2. The van der Waals surface area contributed by atoms with E-state index in [9.17, 15) is 18.0 Å². The number of carbonyl (C=O) groups excluding carboxylic acids is 1. The molecule has 0 aromatic carbocycles. The monoisotopic (exact) mass is 319 g/mol. The number of carboxylic acid groups (broad SMARTS) is 1. The lowest BCUT2D eigenvalue weighted by Crippen LogP contribution is -2.30. The van der Waals surface area contributed by atoms with Crippen molar-refractivity contribution in [1.82, 2.24) is 14.6 Å². The topological polar surface area (TPSA) is 138 Å². The Balaban J connectivity index is 2.74. The lowest BCUT2D eigenvalue weighted by atomic mass is 10.2. The summed E-state index contributed by atoms with van der Waals surface area (Å²) < 4.78 is 26.7. The van der Waals surface area contributed by atoms with Crippen LogP contribution in [0.2, 0.25) is 0 Å². The third-order valence-corrected chi connectivity index (χ3v) is 4.16. The summed E-state index contributed by atoms with van der Waals surface area (Å²) in [6.07, 6.45) is -0.418. The van der Waals surface area contributed by atoms with Gasteiger partial charge in [-0.25, -0.2) is 17.9 Å². The van der Waals surface area contributed by atoms with Crippen molar-refractivity contribution in [3.8, 4) is 0 Å². The van der Waals surface area contributed by atoms with Crippen LogP contribution < -0.4 is 10.0 Å². The molecule has 0 bridgehead atoms. The van der Waals surface area contributed by atoms with Crippen LogP contribution in [0.4, 0.5) is 0 Å². The molecule has 1 unspecified atom stereocenters. The van der Waals surface area contributed by atoms with E-state index in [-0.39, 0.29) is 23.6 Å². The number of carboxylic acids is 1. The standard InChI is InChI=1S/C11H17N3O6S/c1-12-21(19,20)7-5-8(14(2)6-7)10(16)13-4-3-9(15)11(17)18/h5-6,9,12,15H,3-4H2,1-2H3,(H,13,16)(H,17,18). The number of sulfonamides is 1. The molecule has 0 aliphatic heterocycles. The number of nitrogens with zero attached hydrogens (tertiary/aromatic N) is 1. The van der Waals surface area contributed by atoms with Crippen molar-refractivity contribution in [2.45, 2.75) is 17.4 Å². The first kappa shape index (κ1) is 17.1. The molecule has 0 saturated heterocycles. The van der Waals surface area contributed by atoms with E-state index in [4.69, 9.17) is 10.2 Å². The van der Waals surface area contributed by atoms with Crippen LogP contribution >= 0.6 is 0 Å². The van der Waals surface area contributed by atoms with Gasteiger partial charge in [0.25, 0.3) is 5.91 Å². The van der Waals surface area contributed by atoms with E-state index in [0.29, 0.717) is 0 Å². The number of hydrogen-bond donors (Lipinski definition) is 4. The number of aliphatic hydroxyl groups excluding tert-OH is 1. The fourth-order valence-corrected chi connectivity index (χ4v) is 2.36. The lowest BCUT2D eigenvalue weighted by Gasteiger charge is -2.07. The quantitative estimate of drug-likeness (QED) is 0.482. The van der Waals surface area contributed by atoms with E-state index in [2.05, 4.69) is 10.0 Å². The summed E-state index contributed by atoms with van der Waals surface area (Å²) in [5.41, 5.74) is 0.105. The maximum Gasteiger partial charge on any atom is 0.332 e. The molecule has 0 fully saturated rings. The summed E-state index contributed by atoms with van der Waals surface area (Å²) in [6.45, 7) is -0.0500. The fourth-order valence-electron chi connectivity index (χ4n) is 1.56. The minimum absolute atomic E-state index is 0.0500. The maximum atomic E-state index is 11.9. The average Bonchev–Trinajstić information content (AvgIpc) is 2.81. The molecule has 118 valence electrons. The summed E-state index contributed by atoms with van der Waals surface area (Å²) in [6, 6.07) is 1.20. The number of aryl methyl sites for hydroxylation is 1. The van der Waals surface area contributed by atoms with Crippen LogP contribution in [0, 0.1) is 0 Å². The second-order valence-corrected chi connectivity index (χ2v) is 6.16. The van der Waals surface area contributed by atoms with Crippen LogP contribution in [0.25, 0.3) is 0 Å². The zero-order chi connectivity index (χ0) is 16.2. The molecule has 1 atom stereocenters. The molecule has 1 heterocycles. The van der Waals surface area contributed by atoms with Gasteiger partial charge < -0.3 is 20.1 Å². The number of nitrogens with one attached hydrogen (secondary N) is 2. The van der Waals surface area contributed by atoms with E-state index in [0.717, 1.165) is 0 Å². The Kier molecular flexibility index (Phi) is 5.47. The number of hydrogen-bond acceptors (Lipinski definition) is 5. The minimum Gasteiger partial charge on any atom is -0.479 e. The first-order chi connectivity index (χ1) is 9.69. The van der Waals surface area contributed by atoms with Crippen molar-refractivity contribution in [2.24, 2.45) is 7.05 Å². The van der Waals surface area contributed by atoms with Gasteiger partial charge in [0.1, 0.15) is 10.6 Å². The number of amides is 1. The molecule has 1 amide bonds. The van der Waals surface area contributed by atoms with E-state index in [1.54, 1.807) is 0 Å². The summed E-state index contributed by atoms with van der Waals surface area (Å²) in [5.74, 6) is -1.93. The highest BCUT2D eigenvalue weighted by Crippen LogP contribution is 2.12. The van der Waals surface area contributed by atoms with Gasteiger partial charge in [-0.05, 0) is 13.1 Å². The second-order valence-electron chi connectivity index (χ2n) is 4.28. The molecule has 1 aromatic heterocycles. The Morgan fingerprint density at radius 1 is 1.43 bits per heavy atom. The van der Waals surface area contributed by atoms with Crippen molar-refractivity contribution in [1.29, 1.82) is 0 Å². The van der Waals surface area contributed by atoms with Gasteiger partial charge in [-0.2, -0.15) is 0 Å². The normalized spacial score (nSPS) is 12.9. The summed E-state index contributed by atoms with van der Waals surface area (Å²) in [5, 5.41) is 20.0. The van der Waals surface area contributed by atoms with E-state index in [1.807, 2.05) is 0 Å². The van der Waals surface area contributed by atoms with E-state index in [1.165, 1.54) is 30.9 Å². The zero-order valence-electron chi connectivity index (χ0n) is 11.5. The van der Waals surface area contributed by atoms with Crippen LogP contribution in [0.3, 0.4) is 0 Å². The molecule has 10 heteroatoms. The second kappa shape index (κ2) is 6.70. The van der Waals surface area contributed by atoms with Gasteiger partial charge in [0, 0.05) is 26.2 Å². The maximum absolute atomic E-state index is 11.9. The highest BCUT2D eigenvalue weighted by atomic mass is 32.2. The van der Waals surface area contributed by atoms with E-state index >= 15 is 0 Å². The van der Waals surface area contributed by atoms with Crippen molar-refractivity contribution in [3.05, 3.63) is 18.0 Å². The number of aromatic nitrogens is 1. The molecular weight excluding hydrogens is 302 g/mol. The molecule has 0 radical (unpaired) electrons. The Bertz CT molecular complexity index is 636. The lowest BCUT2D eigenvalue weighted by molar-refractivity contribution is -0.146. The molecule has 9 nitrogen and oxygen atoms in total. The molecule has 0 saturated carbocycles. The van der Waals surface area contributed by atoms with Gasteiger partial charge in [-0.3, -0.25) is 4.79 Å². The SMILES string of the molecule is CNS(=O)(=O)c1cc(C(=O)NCCC(O)C(=O)O)n(C)c1. The minimum atomic E-state index is -3.65. The van der Waals surface area contributed by atoms with Gasteiger partial charge in [-0.1, -0.05) is 0 Å². The summed E-state index contributed by atoms with van der Waals surface area (Å²) in [7, 11) is -0.878. The summed E-state index contributed by atoms with van der Waals surface area (Å²) >= 11 is 0. The van der Waals surface area contributed by atoms with Crippen LogP contribution in [0.15, 0.2) is 17.2 Å². The van der Waals surface area contributed by atoms with Crippen molar-refractivity contribution >= 4 is 21.9 Å². The zero-order valence-corrected chi connectivity index (χ0v) is 12.3. The van der Waals surface area contributed by atoms with Gasteiger partial charge >= 0.3 is 5.97 Å². The molecule has 0 aliphatic carbocycles. The van der Waals surface area contributed by atoms with Crippen LogP contribution in [-0.4, -0.2) is 54.8 Å². The molecule has 1 rings (SSSR count). The first-order valence-corrected chi connectivity index (χ1v) is 7.46. The highest BCUT2D eigenvalue weighted by Gasteiger charge is 2.19. The number of aliphatic carboxylic acids is 1. The fraction of sp³-hybridized carbons (Fsp3) is 0.455. The van der Waals surface area contributed by atoms with Gasteiger partial charge in [-0.15, -0.1) is 0 Å². The van der Waals surface area contributed by atoms with Gasteiger partial charge in [0.05, 0.1) is 0 Å². The average molecular weight is 319 g/mol. The number of aliphatic hydroxyl groups is 1. The largest absolute Gasteiger partial charge is 0.479 e. The smallest absolute Gasteiger partial charge is 0.332 e. The predicted molar refractivity (Wildman–Crippen MR) is 72.3 cm³/mol. The Labute approximate surface area is 121 Å². The van der Waals surface area contributed by atoms with Crippen LogP contribution in [-0.2, 0) is 21.9 Å². The van der Waals surface area contributed by atoms with Crippen LogP contribution in [0.1, 0.15) is 16.9 Å². The molecule has 0 aliphatic rings. The third-order valence-electron chi connectivity index (χ3n) is 2.78. The first-order valence-electron chi connectivity index (χ1n) is 5.98. The molecule has 21 heavy (non-hydrogen) atoms. The predicted octanol–water partition coefficient (Wildman–Crippen LogP) is -1.50. The summed E-state index contributed by atoms with van der Waals surface area (Å²) in [4.78, 5) is 22.2. The highest BCUT2D eigenvalue weighted by molar-refractivity contribution is 7.89. The van der Waals surface area contributed by atoms with Gasteiger partial charge in [0.2, 0.25) is 10.0 Å². The van der Waals surface area contributed by atoms with Crippen molar-refractivity contribution < 1.29 is 28.2 Å². The van der Waals surface area contributed by atoms with Crippen LogP contribution in [0.5, 0.6) is 0 Å². The molecule has 4 N–H and O–H groups in total. The molecule has 0 spiro atoms. The Morgan fingerprint density at radius 3 is 2.57 bits per heavy atom. The van der Waals surface area contributed by atoms with E-state index < -0.39 is 28.0 Å². The molecule has 1 aromatic rings. The van der Waals surface area contributed by atoms with Crippen molar-refractivity contribution in [2.75, 3.05) is 13.6 Å². The Morgan fingerprint density at radius 2 is 2.05 bits per heavy atom. The Hall–Kier alpha value is -1.91. The van der Waals surface area contributed by atoms with Gasteiger partial charge in [0.15, 0.2) is 6.10 Å². The molecular formula is C11H17N3O6S. The number of rotatable bonds is 7.